The van der Waals surface area contributed by atoms with Crippen LogP contribution in [0.2, 0.25) is 0 Å². The lowest BCUT2D eigenvalue weighted by atomic mass is 10.4. The zero-order chi connectivity index (χ0) is 10.8. The van der Waals surface area contributed by atoms with E-state index in [1.807, 2.05) is 0 Å². The molecular weight excluding hydrogens is 221 g/mol. The van der Waals surface area contributed by atoms with Crippen molar-refractivity contribution in [2.24, 2.45) is 0 Å². The van der Waals surface area contributed by atoms with Crippen LogP contribution in [0.3, 0.4) is 0 Å². The molecule has 0 bridgehead atoms. The van der Waals surface area contributed by atoms with Crippen molar-refractivity contribution in [2.45, 2.75) is 6.36 Å². The zero-order valence-corrected chi connectivity index (χ0v) is 7.74. The van der Waals surface area contributed by atoms with Gasteiger partial charge in [-0.2, -0.15) is 0 Å². The van der Waals surface area contributed by atoms with Crippen molar-refractivity contribution >= 4 is 17.3 Å². The Morgan fingerprint density at radius 3 is 2.64 bits per heavy atom. The fourth-order valence-electron chi connectivity index (χ4n) is 0.714. The van der Waals surface area contributed by atoms with Crippen LogP contribution < -0.4 is 4.74 Å². The first-order valence-corrected chi connectivity index (χ1v) is 4.23. The fourth-order valence-corrected chi connectivity index (χ4v) is 1.44. The quantitative estimate of drug-likeness (QED) is 0.726. The highest BCUT2D eigenvalue weighted by Crippen LogP contribution is 2.27. The van der Waals surface area contributed by atoms with Gasteiger partial charge in [-0.15, -0.1) is 24.5 Å². The van der Waals surface area contributed by atoms with Crippen molar-refractivity contribution in [3.8, 4) is 5.75 Å². The molecule has 0 atom stereocenters. The highest BCUT2D eigenvalue weighted by atomic mass is 32.1. The predicted molar refractivity (Wildman–Crippen MR) is 42.3 cm³/mol. The lowest BCUT2D eigenvalue weighted by molar-refractivity contribution is -0.274. The van der Waals surface area contributed by atoms with Crippen LogP contribution in [-0.4, -0.2) is 19.4 Å². The van der Waals surface area contributed by atoms with Crippen molar-refractivity contribution in [3.63, 3.8) is 0 Å². The number of esters is 1. The summed E-state index contributed by atoms with van der Waals surface area (Å²) in [6.07, 6.45) is -4.74. The van der Waals surface area contributed by atoms with Crippen LogP contribution in [0, 0.1) is 0 Å². The van der Waals surface area contributed by atoms with E-state index in [1.54, 1.807) is 0 Å². The number of halogens is 3. The van der Waals surface area contributed by atoms with Gasteiger partial charge in [-0.1, -0.05) is 0 Å². The van der Waals surface area contributed by atoms with Gasteiger partial charge in [0.15, 0.2) is 0 Å². The number of hydrogen-bond donors (Lipinski definition) is 0. The molecule has 3 nitrogen and oxygen atoms in total. The largest absolute Gasteiger partial charge is 0.573 e. The second kappa shape index (κ2) is 3.87. The predicted octanol–water partition coefficient (Wildman–Crippen LogP) is 2.43. The maximum atomic E-state index is 11.7. The molecule has 0 amide bonds. The third-order valence-electron chi connectivity index (χ3n) is 1.20. The average Bonchev–Trinajstić information content (AvgIpc) is 2.48. The van der Waals surface area contributed by atoms with Gasteiger partial charge in [0.1, 0.15) is 10.6 Å². The number of rotatable bonds is 2. The van der Waals surface area contributed by atoms with E-state index in [0.29, 0.717) is 0 Å². The van der Waals surface area contributed by atoms with Gasteiger partial charge >= 0.3 is 12.3 Å². The van der Waals surface area contributed by atoms with E-state index in [1.165, 1.54) is 0 Å². The number of ether oxygens (including phenoxy) is 2. The Kier molecular flexibility index (Phi) is 3.00. The lowest BCUT2D eigenvalue weighted by Gasteiger charge is -2.05. The molecule has 1 heterocycles. The van der Waals surface area contributed by atoms with Crippen molar-refractivity contribution in [2.75, 3.05) is 7.11 Å². The summed E-state index contributed by atoms with van der Waals surface area (Å²) in [6.45, 7) is 0. The van der Waals surface area contributed by atoms with Crippen molar-refractivity contribution < 1.29 is 27.4 Å². The maximum absolute atomic E-state index is 11.7. The van der Waals surface area contributed by atoms with Crippen LogP contribution >= 0.6 is 11.3 Å². The normalized spacial score (nSPS) is 11.1. The van der Waals surface area contributed by atoms with Crippen LogP contribution in [0.1, 0.15) is 9.67 Å². The van der Waals surface area contributed by atoms with Crippen molar-refractivity contribution in [3.05, 3.63) is 16.3 Å². The van der Waals surface area contributed by atoms with Crippen LogP contribution in [-0.2, 0) is 4.74 Å². The minimum Gasteiger partial charge on any atom is -0.465 e. The Balaban J connectivity index is 2.74. The molecule has 0 aromatic carbocycles. The number of hydrogen-bond acceptors (Lipinski definition) is 4. The average molecular weight is 226 g/mol. The van der Waals surface area contributed by atoms with Gasteiger partial charge in [0.05, 0.1) is 7.11 Å². The highest BCUT2D eigenvalue weighted by molar-refractivity contribution is 7.12. The van der Waals surface area contributed by atoms with Gasteiger partial charge in [0.25, 0.3) is 0 Å². The minimum atomic E-state index is -4.74. The Morgan fingerprint density at radius 1 is 1.50 bits per heavy atom. The zero-order valence-electron chi connectivity index (χ0n) is 6.92. The van der Waals surface area contributed by atoms with Crippen LogP contribution in [0.5, 0.6) is 5.75 Å². The highest BCUT2D eigenvalue weighted by Gasteiger charge is 2.31. The van der Waals surface area contributed by atoms with Crippen molar-refractivity contribution in [1.82, 2.24) is 0 Å². The molecule has 1 aromatic rings. The standard InChI is InChI=1S/C7H5F3O3S/c1-12-6(11)5-2-4(3-14-5)13-7(8,9)10/h2-3H,1H3. The minimum absolute atomic E-state index is 0.0618. The maximum Gasteiger partial charge on any atom is 0.573 e. The first kappa shape index (κ1) is 10.8. The molecule has 0 radical (unpaired) electrons. The second-order valence-corrected chi connectivity index (χ2v) is 3.10. The number of methoxy groups -OCH3 is 1. The van der Waals surface area contributed by atoms with Crippen LogP contribution in [0.4, 0.5) is 13.2 Å². The summed E-state index contributed by atoms with van der Waals surface area (Å²) in [4.78, 5) is 10.9. The van der Waals surface area contributed by atoms with Gasteiger partial charge < -0.3 is 9.47 Å². The molecule has 7 heteroatoms. The van der Waals surface area contributed by atoms with E-state index in [2.05, 4.69) is 9.47 Å². The molecule has 0 saturated carbocycles. The third-order valence-corrected chi connectivity index (χ3v) is 2.08. The summed E-state index contributed by atoms with van der Waals surface area (Å²) in [6, 6.07) is 0.976. The van der Waals surface area contributed by atoms with Gasteiger partial charge in [0, 0.05) is 11.4 Å². The molecule has 0 unspecified atom stereocenters. The van der Waals surface area contributed by atoms with E-state index in [0.717, 1.165) is 29.9 Å². The Bertz CT molecular complexity index is 331. The van der Waals surface area contributed by atoms with E-state index in [9.17, 15) is 18.0 Å². The number of alkyl halides is 3. The number of carbonyl (C=O) groups excluding carboxylic acids is 1. The van der Waals surface area contributed by atoms with Gasteiger partial charge in [-0.05, 0) is 0 Å². The molecule has 0 saturated heterocycles. The molecule has 1 aromatic heterocycles. The van der Waals surface area contributed by atoms with Crippen LogP contribution in [0.15, 0.2) is 11.4 Å². The summed E-state index contributed by atoms with van der Waals surface area (Å²) in [5.74, 6) is -1.10. The third kappa shape index (κ3) is 2.91. The summed E-state index contributed by atoms with van der Waals surface area (Å²) in [5.41, 5.74) is 0. The Labute approximate surface area is 81.1 Å². The summed E-state index contributed by atoms with van der Waals surface area (Å²) < 4.78 is 43.0. The van der Waals surface area contributed by atoms with Gasteiger partial charge in [-0.25, -0.2) is 4.79 Å². The number of thiophene rings is 1. The molecule has 0 spiro atoms. The Hall–Kier alpha value is -1.24. The van der Waals surface area contributed by atoms with Crippen molar-refractivity contribution in [1.29, 1.82) is 0 Å². The summed E-state index contributed by atoms with van der Waals surface area (Å²) >= 11 is 0.823. The SMILES string of the molecule is COC(=O)c1cc(OC(F)(F)F)cs1. The molecule has 0 fully saturated rings. The Morgan fingerprint density at radius 2 is 2.14 bits per heavy atom. The molecule has 1 rings (SSSR count). The molecule has 0 aliphatic rings. The van der Waals surface area contributed by atoms with E-state index < -0.39 is 18.1 Å². The van der Waals surface area contributed by atoms with E-state index >= 15 is 0 Å². The fraction of sp³-hybridized carbons (Fsp3) is 0.286. The molecular formula is C7H5F3O3S. The first-order chi connectivity index (χ1) is 6.42. The monoisotopic (exact) mass is 226 g/mol. The first-order valence-electron chi connectivity index (χ1n) is 3.35. The molecule has 0 N–H and O–H groups in total. The molecule has 14 heavy (non-hydrogen) atoms. The van der Waals surface area contributed by atoms with Gasteiger partial charge in [-0.3, -0.25) is 0 Å². The summed E-state index contributed by atoms with van der Waals surface area (Å²) in [7, 11) is 1.15. The molecule has 0 aliphatic heterocycles. The smallest absolute Gasteiger partial charge is 0.465 e. The van der Waals surface area contributed by atoms with Gasteiger partial charge in [0.2, 0.25) is 0 Å². The summed E-state index contributed by atoms with van der Waals surface area (Å²) in [5, 5.41) is 1.08. The number of carbonyl (C=O) groups is 1. The lowest BCUT2D eigenvalue weighted by Crippen LogP contribution is -2.16. The van der Waals surface area contributed by atoms with E-state index in [4.69, 9.17) is 0 Å². The van der Waals surface area contributed by atoms with Crippen LogP contribution in [0.25, 0.3) is 0 Å². The molecule has 0 aliphatic carbocycles. The topological polar surface area (TPSA) is 35.5 Å². The molecule has 78 valence electrons. The van der Waals surface area contributed by atoms with E-state index in [-0.39, 0.29) is 4.88 Å². The second-order valence-electron chi connectivity index (χ2n) is 2.19.